The molecular formula is C48H66N9O8+. The number of benzene rings is 2. The van der Waals surface area contributed by atoms with Crippen molar-refractivity contribution in [2.45, 2.75) is 105 Å². The van der Waals surface area contributed by atoms with Crippen molar-refractivity contribution in [2.75, 3.05) is 40.4 Å². The third-order valence-corrected chi connectivity index (χ3v) is 12.5. The monoisotopic (exact) mass is 897 g/mol. The number of aryl methyl sites for hydroxylation is 1. The van der Waals surface area contributed by atoms with E-state index in [-0.39, 0.29) is 50.4 Å². The van der Waals surface area contributed by atoms with Crippen molar-refractivity contribution in [3.63, 3.8) is 0 Å². The molecule has 17 heteroatoms. The van der Waals surface area contributed by atoms with Crippen LogP contribution in [0.4, 0.5) is 0 Å². The minimum absolute atomic E-state index is 0.0297. The van der Waals surface area contributed by atoms with Gasteiger partial charge in [0, 0.05) is 80.6 Å². The highest BCUT2D eigenvalue weighted by Crippen LogP contribution is 2.42. The van der Waals surface area contributed by atoms with E-state index in [1.807, 2.05) is 25.1 Å². The van der Waals surface area contributed by atoms with Gasteiger partial charge in [0.15, 0.2) is 6.61 Å². The molecule has 5 atom stereocenters. The molecule has 2 aliphatic rings. The first-order valence-corrected chi connectivity index (χ1v) is 22.5. The van der Waals surface area contributed by atoms with E-state index >= 15 is 0 Å². The summed E-state index contributed by atoms with van der Waals surface area (Å²) in [5.74, 6) is -2.91. The van der Waals surface area contributed by atoms with Crippen LogP contribution < -0.4 is 21.8 Å². The maximum atomic E-state index is 14.6. The fraction of sp³-hybridized carbons (Fsp3) is 0.521. The summed E-state index contributed by atoms with van der Waals surface area (Å²) in [6, 6.07) is 13.1. The van der Waals surface area contributed by atoms with Gasteiger partial charge in [-0.05, 0) is 91.3 Å². The molecule has 1 saturated heterocycles. The Kier molecular flexibility index (Phi) is 15.3. The first kappa shape index (κ1) is 48.5. The van der Waals surface area contributed by atoms with E-state index in [4.69, 9.17) is 20.3 Å². The number of nitrogens with zero attached hydrogens (tertiary/aromatic N) is 5. The number of carbonyl (C=O) groups is 4. The van der Waals surface area contributed by atoms with Crippen LogP contribution in [-0.2, 0) is 48.1 Å². The molecule has 0 saturated carbocycles. The number of rotatable bonds is 12. The van der Waals surface area contributed by atoms with Crippen LogP contribution in [0, 0.1) is 22.2 Å². The van der Waals surface area contributed by atoms with Crippen molar-refractivity contribution >= 4 is 34.5 Å². The predicted molar refractivity (Wildman–Crippen MR) is 247 cm³/mol. The number of hydrogen-bond donors (Lipinski definition) is 5. The van der Waals surface area contributed by atoms with Crippen molar-refractivity contribution in [1.29, 1.82) is 0 Å². The third-order valence-electron chi connectivity index (χ3n) is 12.5. The minimum atomic E-state index is -1.20. The van der Waals surface area contributed by atoms with Crippen molar-refractivity contribution in [3.05, 3.63) is 76.5 Å². The van der Waals surface area contributed by atoms with E-state index < -0.39 is 53.2 Å². The maximum absolute atomic E-state index is 14.6. The average Bonchev–Trinajstić information content (AvgIpc) is 3.59. The maximum Gasteiger partial charge on any atom is 0.326 e. The first-order chi connectivity index (χ1) is 30.9. The van der Waals surface area contributed by atoms with Gasteiger partial charge in [-0.1, -0.05) is 46.8 Å². The Hall–Kier alpha value is -5.91. The highest BCUT2D eigenvalue weighted by Gasteiger charge is 2.41. The fourth-order valence-electron chi connectivity index (χ4n) is 8.90. The lowest BCUT2D eigenvalue weighted by molar-refractivity contribution is -0.835. The van der Waals surface area contributed by atoms with Crippen LogP contribution in [0.3, 0.4) is 0 Å². The van der Waals surface area contributed by atoms with Gasteiger partial charge in [-0.3, -0.25) is 29.2 Å². The number of phenols is 1. The number of fused-ring (bicyclic) bond motifs is 6. The lowest BCUT2D eigenvalue weighted by Gasteiger charge is -2.34. The molecule has 0 unspecified atom stereocenters. The molecule has 6 bridgehead atoms. The summed E-state index contributed by atoms with van der Waals surface area (Å²) in [6.07, 6.45) is 1.91. The van der Waals surface area contributed by atoms with Gasteiger partial charge in [0.25, 0.3) is 5.91 Å². The third kappa shape index (κ3) is 10.8. The molecule has 2 aliphatic heterocycles. The summed E-state index contributed by atoms with van der Waals surface area (Å²) in [5, 5.41) is 19.1. The lowest BCUT2D eigenvalue weighted by atomic mass is 9.84. The number of hydrogen-bond acceptors (Lipinski definition) is 11. The van der Waals surface area contributed by atoms with Crippen LogP contribution in [0.1, 0.15) is 84.2 Å². The number of ether oxygens (including phenoxy) is 1. The first-order valence-electron chi connectivity index (χ1n) is 22.5. The summed E-state index contributed by atoms with van der Waals surface area (Å²) in [6.45, 7) is 14.1. The van der Waals surface area contributed by atoms with Gasteiger partial charge in [0.2, 0.25) is 22.6 Å². The molecule has 4 amide bonds. The Bertz CT molecular complexity index is 2410. The molecule has 6 N–H and O–H groups in total. The molecule has 2 aromatic carbocycles. The zero-order valence-electron chi connectivity index (χ0n) is 39.1. The van der Waals surface area contributed by atoms with Crippen LogP contribution in [0.2, 0.25) is 0 Å². The van der Waals surface area contributed by atoms with Gasteiger partial charge in [0.05, 0.1) is 28.9 Å². The van der Waals surface area contributed by atoms with Crippen LogP contribution in [-0.4, -0.2) is 112 Å². The molecule has 4 aromatic rings. The molecule has 350 valence electrons. The second-order valence-electron chi connectivity index (χ2n) is 18.5. The van der Waals surface area contributed by atoms with Gasteiger partial charge in [-0.15, -0.1) is 0 Å². The molecule has 6 rings (SSSR count). The number of methoxy groups -OCH3 is 1. The molecular weight excluding hydrogens is 831 g/mol. The largest absolute Gasteiger partial charge is 0.508 e. The van der Waals surface area contributed by atoms with Crippen LogP contribution in [0.25, 0.3) is 33.3 Å². The van der Waals surface area contributed by atoms with Crippen LogP contribution in [0.5, 0.6) is 5.75 Å². The number of nitrogens with one attached hydrogen (secondary N) is 3. The zero-order valence-corrected chi connectivity index (χ0v) is 39.1. The number of aromatic hydroxyl groups is 1. The highest BCUT2D eigenvalue weighted by atomic mass is 16.8. The number of pyridine rings is 1. The average molecular weight is 897 g/mol. The van der Waals surface area contributed by atoms with E-state index in [2.05, 4.69) is 59.6 Å². The Morgan fingerprint density at radius 2 is 1.86 bits per heavy atom. The topological polar surface area (TPSA) is 213 Å². The van der Waals surface area contributed by atoms with E-state index in [0.29, 0.717) is 41.9 Å². The molecule has 1 fully saturated rings. The number of hydrazine groups is 1. The van der Waals surface area contributed by atoms with Gasteiger partial charge >= 0.3 is 6.17 Å². The van der Waals surface area contributed by atoms with Gasteiger partial charge in [0.1, 0.15) is 17.8 Å². The number of nitrogens with two attached hydrogens (primary N) is 1. The van der Waals surface area contributed by atoms with Crippen LogP contribution >= 0.6 is 0 Å². The van der Waals surface area contributed by atoms with Gasteiger partial charge in [-0.25, -0.2) is 4.84 Å². The molecule has 17 nitrogen and oxygen atoms in total. The van der Waals surface area contributed by atoms with Gasteiger partial charge in [-0.2, -0.15) is 5.43 Å². The number of carbonyl (C=O) groups excluding carboxylic acids is 4. The van der Waals surface area contributed by atoms with E-state index in [9.17, 15) is 29.2 Å². The van der Waals surface area contributed by atoms with Crippen molar-refractivity contribution in [1.82, 2.24) is 35.5 Å². The SMILES string of the molecule is CCn1c(-c2cccnc2[C@H](C)OC)c2c3cc(ccc31)-c1cc(O)cc(c1)C[C@H](NC(=O)[C@H](C(C)C)N(C)C(=O)CNC(=O)[C@@H](C)CN)C(=O)N1CCC[C@H](N1)[N+](=O)OCC(C)(C)C2. The standard InChI is InChI=1S/C48H65N9O8/c1-10-55-39-16-15-32-23-36(39)37(44(55)35-13-11-17-50-42(35)30(5)64-9)24-48(6,7)27-65-57(63)40-14-12-18-56(53-40)47(62)38(21-31-19-33(32)22-34(58)20-31)52-46(61)43(28(2)3)54(8)41(59)26-51-45(60)29(4)25-49/h11,13,15-17,19-20,22-23,28-30,38,40,43,53H,10,12,14,18,21,24-27,49H2,1-9H3,(H2-,51,52,58,60,61)/p+1/t29-,30-,38-,40+,43-/m0/s1. The van der Waals surface area contributed by atoms with Crippen molar-refractivity contribution < 1.29 is 38.8 Å². The van der Waals surface area contributed by atoms with E-state index in [1.54, 1.807) is 46.2 Å². The van der Waals surface area contributed by atoms with Crippen molar-refractivity contribution in [2.24, 2.45) is 23.0 Å². The quantitative estimate of drug-likeness (QED) is 0.131. The second-order valence-corrected chi connectivity index (χ2v) is 18.5. The van der Waals surface area contributed by atoms with Crippen molar-refractivity contribution in [3.8, 4) is 28.1 Å². The summed E-state index contributed by atoms with van der Waals surface area (Å²) in [7, 11) is 3.14. The van der Waals surface area contributed by atoms with Gasteiger partial charge < -0.3 is 35.7 Å². The zero-order chi connectivity index (χ0) is 47.3. The molecule has 2 aromatic heterocycles. The second kappa shape index (κ2) is 20.5. The fourth-order valence-corrected chi connectivity index (χ4v) is 8.90. The number of likely N-dealkylation sites (N-methyl/N-ethyl adjacent to an activating group) is 1. The predicted octanol–water partition coefficient (Wildman–Crippen LogP) is 4.77. The summed E-state index contributed by atoms with van der Waals surface area (Å²) in [4.78, 5) is 81.1. The Morgan fingerprint density at radius 1 is 1.11 bits per heavy atom. The summed E-state index contributed by atoms with van der Waals surface area (Å²) < 4.78 is 8.07. The van der Waals surface area contributed by atoms with Crippen LogP contribution in [0.15, 0.2) is 54.7 Å². The number of aromatic nitrogens is 2. The summed E-state index contributed by atoms with van der Waals surface area (Å²) >= 11 is 0. The number of phenolic OH excluding ortho intramolecular Hbond substituents is 1. The Balaban J connectivity index is 1.45. The molecule has 0 radical (unpaired) electrons. The smallest absolute Gasteiger partial charge is 0.326 e. The highest BCUT2D eigenvalue weighted by molar-refractivity contribution is 5.96. The van der Waals surface area contributed by atoms with E-state index in [0.717, 1.165) is 39.0 Å². The molecule has 0 spiro atoms. The Morgan fingerprint density at radius 3 is 2.55 bits per heavy atom. The molecule has 65 heavy (non-hydrogen) atoms. The lowest BCUT2D eigenvalue weighted by Crippen LogP contribution is -2.62. The van der Waals surface area contributed by atoms with E-state index in [1.165, 1.54) is 17.0 Å². The Labute approximate surface area is 380 Å². The normalized spacial score (nSPS) is 19.2. The molecule has 4 heterocycles. The molecule has 0 aliphatic carbocycles. The minimum Gasteiger partial charge on any atom is -0.508 e. The summed E-state index contributed by atoms with van der Waals surface area (Å²) in [5.41, 5.74) is 14.9. The number of amides is 4.